The van der Waals surface area contributed by atoms with E-state index >= 15 is 0 Å². The average molecular weight is 472 g/mol. The number of aryl methyl sites for hydroxylation is 1. The van der Waals surface area contributed by atoms with Gasteiger partial charge in [-0.25, -0.2) is 0 Å². The van der Waals surface area contributed by atoms with Crippen LogP contribution in [0.1, 0.15) is 48.8 Å². The van der Waals surface area contributed by atoms with E-state index in [9.17, 15) is 4.79 Å². The fourth-order valence-electron chi connectivity index (χ4n) is 4.73. The summed E-state index contributed by atoms with van der Waals surface area (Å²) in [6.45, 7) is 4.26. The average Bonchev–Trinajstić information content (AvgIpc) is 3.55. The molecule has 1 saturated heterocycles. The van der Waals surface area contributed by atoms with Crippen LogP contribution in [0, 0.1) is 0 Å². The Kier molecular flexibility index (Phi) is 7.28. The number of nitrogens with zero attached hydrogens (tertiary/aromatic N) is 2. The number of fused-ring (bicyclic) bond motifs is 3. The molecule has 0 aromatic heterocycles. The van der Waals surface area contributed by atoms with E-state index in [0.717, 1.165) is 27.6 Å². The lowest BCUT2D eigenvalue weighted by atomic mass is 9.96. The SMILES string of the molecule is NC(=O)C1=NOCc2c1ccc1ccccc21.c1cc(OC2CC2)ccc1CCCN1CCCC1. The molecule has 2 fully saturated rings. The van der Waals surface area contributed by atoms with Crippen molar-refractivity contribution in [2.45, 2.75) is 51.2 Å². The molecule has 6 heteroatoms. The van der Waals surface area contributed by atoms with E-state index in [1.165, 1.54) is 63.7 Å². The van der Waals surface area contributed by atoms with Crippen molar-refractivity contribution in [2.75, 3.05) is 19.6 Å². The molecule has 0 atom stereocenters. The van der Waals surface area contributed by atoms with Crippen molar-refractivity contribution >= 4 is 22.4 Å². The molecule has 1 amide bonds. The molecule has 6 nitrogen and oxygen atoms in total. The summed E-state index contributed by atoms with van der Waals surface area (Å²) in [4.78, 5) is 18.9. The predicted molar refractivity (Wildman–Crippen MR) is 139 cm³/mol. The van der Waals surface area contributed by atoms with E-state index in [-0.39, 0.29) is 5.71 Å². The summed E-state index contributed by atoms with van der Waals surface area (Å²) in [6, 6.07) is 20.5. The van der Waals surface area contributed by atoms with Gasteiger partial charge in [0.1, 0.15) is 12.4 Å². The second-order valence-electron chi connectivity index (χ2n) is 9.50. The van der Waals surface area contributed by atoms with Gasteiger partial charge in [-0.1, -0.05) is 53.7 Å². The first-order valence-corrected chi connectivity index (χ1v) is 12.7. The number of carbonyl (C=O) groups is 1. The van der Waals surface area contributed by atoms with Gasteiger partial charge in [0.2, 0.25) is 0 Å². The van der Waals surface area contributed by atoms with E-state index in [2.05, 4.69) is 34.3 Å². The number of ether oxygens (including phenoxy) is 1. The zero-order valence-electron chi connectivity index (χ0n) is 20.1. The number of rotatable bonds is 7. The fourth-order valence-corrected chi connectivity index (χ4v) is 4.73. The van der Waals surface area contributed by atoms with Crippen LogP contribution in [0.4, 0.5) is 0 Å². The molecule has 2 N–H and O–H groups in total. The minimum atomic E-state index is -0.568. The summed E-state index contributed by atoms with van der Waals surface area (Å²) in [7, 11) is 0. The number of hydrogen-bond donors (Lipinski definition) is 1. The first kappa shape index (κ1) is 23.4. The molecule has 0 spiro atoms. The maximum atomic E-state index is 11.3. The van der Waals surface area contributed by atoms with Crippen LogP contribution < -0.4 is 10.5 Å². The number of oxime groups is 1. The quantitative estimate of drug-likeness (QED) is 0.536. The van der Waals surface area contributed by atoms with Crippen molar-refractivity contribution in [3.8, 4) is 5.75 Å². The summed E-state index contributed by atoms with van der Waals surface area (Å²) in [5.41, 5.74) is 8.64. The lowest BCUT2D eigenvalue weighted by molar-refractivity contribution is -0.112. The highest BCUT2D eigenvalue weighted by Gasteiger charge is 2.23. The van der Waals surface area contributed by atoms with Crippen LogP contribution in [0.5, 0.6) is 5.75 Å². The highest BCUT2D eigenvalue weighted by Crippen LogP contribution is 2.27. The molecule has 35 heavy (non-hydrogen) atoms. The number of benzene rings is 3. The van der Waals surface area contributed by atoms with Gasteiger partial charge in [0.15, 0.2) is 5.71 Å². The van der Waals surface area contributed by atoms with E-state index in [4.69, 9.17) is 15.3 Å². The molecule has 0 bridgehead atoms. The summed E-state index contributed by atoms with van der Waals surface area (Å²) >= 11 is 0. The van der Waals surface area contributed by atoms with Gasteiger partial charge in [0.25, 0.3) is 5.91 Å². The van der Waals surface area contributed by atoms with Crippen LogP contribution in [0.25, 0.3) is 10.8 Å². The first-order valence-electron chi connectivity index (χ1n) is 12.7. The Hall–Kier alpha value is -3.38. The van der Waals surface area contributed by atoms with E-state index < -0.39 is 5.91 Å². The number of nitrogens with two attached hydrogens (primary N) is 1. The van der Waals surface area contributed by atoms with Crippen LogP contribution in [-0.2, 0) is 22.7 Å². The van der Waals surface area contributed by atoms with Crippen LogP contribution in [-0.4, -0.2) is 42.3 Å². The topological polar surface area (TPSA) is 77.2 Å². The third kappa shape index (κ3) is 6.01. The molecule has 182 valence electrons. The molecule has 6 rings (SSSR count). The molecule has 3 aromatic carbocycles. The number of primary amides is 1. The molecular weight excluding hydrogens is 438 g/mol. The van der Waals surface area contributed by atoms with Gasteiger partial charge >= 0.3 is 0 Å². The third-order valence-corrected chi connectivity index (χ3v) is 6.78. The number of carbonyl (C=O) groups excluding carboxylic acids is 1. The minimum Gasteiger partial charge on any atom is -0.490 e. The van der Waals surface area contributed by atoms with Crippen LogP contribution in [0.3, 0.4) is 0 Å². The van der Waals surface area contributed by atoms with E-state index in [1.807, 2.05) is 36.4 Å². The van der Waals surface area contributed by atoms with Crippen molar-refractivity contribution in [2.24, 2.45) is 10.9 Å². The zero-order valence-corrected chi connectivity index (χ0v) is 20.1. The summed E-state index contributed by atoms with van der Waals surface area (Å²) < 4.78 is 5.76. The largest absolute Gasteiger partial charge is 0.490 e. The molecule has 2 aliphatic heterocycles. The minimum absolute atomic E-state index is 0.192. The molecule has 1 aliphatic carbocycles. The second kappa shape index (κ2) is 10.9. The fraction of sp³-hybridized carbons (Fsp3) is 0.379. The normalized spacial score (nSPS) is 17.1. The van der Waals surface area contributed by atoms with Crippen LogP contribution in [0.15, 0.2) is 65.8 Å². The predicted octanol–water partition coefficient (Wildman–Crippen LogP) is 4.82. The molecule has 0 unspecified atom stereocenters. The van der Waals surface area contributed by atoms with Gasteiger partial charge in [-0.15, -0.1) is 0 Å². The van der Waals surface area contributed by atoms with Crippen molar-refractivity contribution in [3.05, 3.63) is 77.4 Å². The van der Waals surface area contributed by atoms with Crippen LogP contribution >= 0.6 is 0 Å². The number of amides is 1. The van der Waals surface area contributed by atoms with Gasteiger partial charge in [-0.05, 0) is 86.6 Å². The summed E-state index contributed by atoms with van der Waals surface area (Å²) in [5, 5.41) is 5.90. The van der Waals surface area contributed by atoms with Gasteiger partial charge < -0.3 is 20.2 Å². The number of likely N-dealkylation sites (tertiary alicyclic amines) is 1. The maximum absolute atomic E-state index is 11.3. The highest BCUT2D eigenvalue weighted by molar-refractivity contribution is 6.45. The van der Waals surface area contributed by atoms with Gasteiger partial charge in [-0.3, -0.25) is 4.79 Å². The Morgan fingerprint density at radius 3 is 2.54 bits per heavy atom. The Morgan fingerprint density at radius 2 is 1.80 bits per heavy atom. The maximum Gasteiger partial charge on any atom is 0.271 e. The molecule has 0 radical (unpaired) electrons. The van der Waals surface area contributed by atoms with Crippen LogP contribution in [0.2, 0.25) is 0 Å². The second-order valence-corrected chi connectivity index (χ2v) is 9.50. The zero-order chi connectivity index (χ0) is 24.0. The Morgan fingerprint density at radius 1 is 1.03 bits per heavy atom. The lowest BCUT2D eigenvalue weighted by Crippen LogP contribution is -2.27. The molecule has 2 heterocycles. The molecule has 1 saturated carbocycles. The smallest absolute Gasteiger partial charge is 0.271 e. The summed E-state index contributed by atoms with van der Waals surface area (Å²) in [5.74, 6) is 0.474. The lowest BCUT2D eigenvalue weighted by Gasteiger charge is -2.16. The summed E-state index contributed by atoms with van der Waals surface area (Å²) in [6.07, 6.45) is 8.24. The Bertz CT molecular complexity index is 1200. The molecule has 3 aromatic rings. The number of hydrogen-bond acceptors (Lipinski definition) is 5. The third-order valence-electron chi connectivity index (χ3n) is 6.78. The van der Waals surface area contributed by atoms with Crippen molar-refractivity contribution < 1.29 is 14.4 Å². The standard InChI is InChI=1S/C16H23NO.C13H10N2O2/c1-2-12-17(11-1)13-3-4-14-5-7-15(8-6-14)18-16-9-10-16;14-13(16)12-10-6-5-8-3-1-2-4-9(8)11(10)7-17-15-12/h5-8,16H,1-4,9-13H2;1-6H,7H2,(H2,14,16). The van der Waals surface area contributed by atoms with Crippen molar-refractivity contribution in [1.29, 1.82) is 0 Å². The van der Waals surface area contributed by atoms with E-state index in [1.54, 1.807) is 0 Å². The van der Waals surface area contributed by atoms with Gasteiger partial charge in [0, 0.05) is 11.1 Å². The Labute approximate surface area is 206 Å². The van der Waals surface area contributed by atoms with Crippen molar-refractivity contribution in [1.82, 2.24) is 4.90 Å². The monoisotopic (exact) mass is 471 g/mol. The molecule has 3 aliphatic rings. The van der Waals surface area contributed by atoms with Crippen molar-refractivity contribution in [3.63, 3.8) is 0 Å². The molecular formula is C29H33N3O3. The van der Waals surface area contributed by atoms with Gasteiger partial charge in [-0.2, -0.15) is 0 Å². The highest BCUT2D eigenvalue weighted by atomic mass is 16.6. The first-order chi connectivity index (χ1) is 17.2. The van der Waals surface area contributed by atoms with Gasteiger partial charge in [0.05, 0.1) is 6.10 Å². The Balaban J connectivity index is 0.000000145. The van der Waals surface area contributed by atoms with E-state index in [0.29, 0.717) is 12.7 Å².